The third kappa shape index (κ3) is 4.17. The molecule has 0 unspecified atom stereocenters. The van der Waals surface area contributed by atoms with E-state index in [1.54, 1.807) is 0 Å². The van der Waals surface area contributed by atoms with E-state index in [1.165, 1.54) is 12.3 Å². The fourth-order valence-corrected chi connectivity index (χ4v) is 3.01. The molecular weight excluding hydrogens is 310 g/mol. The fraction of sp³-hybridized carbons (Fsp3) is 0.214. The summed E-state index contributed by atoms with van der Waals surface area (Å²) >= 11 is 6.01. The van der Waals surface area contributed by atoms with E-state index in [2.05, 4.69) is 15.0 Å². The zero-order valence-electron chi connectivity index (χ0n) is 11.5. The first-order chi connectivity index (χ1) is 10.0. The second-order valence-corrected chi connectivity index (χ2v) is 6.52. The molecule has 0 atom stereocenters. The molecule has 0 fully saturated rings. The standard InChI is InChI=1S/C14H16ClN3O2S/c1-2-16-14-13(15)8-12(10-17-14)21(19,20)18-9-11-6-4-3-5-7-11/h3-8,10,18H,2,9H2,1H3,(H,16,17). The van der Waals surface area contributed by atoms with Crippen LogP contribution < -0.4 is 10.0 Å². The van der Waals surface area contributed by atoms with Crippen LogP contribution >= 0.6 is 11.6 Å². The molecule has 1 aromatic carbocycles. The first-order valence-electron chi connectivity index (χ1n) is 6.46. The number of hydrogen-bond donors (Lipinski definition) is 2. The van der Waals surface area contributed by atoms with Gasteiger partial charge in [-0.1, -0.05) is 41.9 Å². The summed E-state index contributed by atoms with van der Waals surface area (Å²) in [5.74, 6) is 0.473. The van der Waals surface area contributed by atoms with Crippen LogP contribution in [0, 0.1) is 0 Å². The number of halogens is 1. The van der Waals surface area contributed by atoms with Crippen molar-refractivity contribution in [1.82, 2.24) is 9.71 Å². The van der Waals surface area contributed by atoms with Crippen molar-refractivity contribution in [3.8, 4) is 0 Å². The predicted octanol–water partition coefficient (Wildman–Crippen LogP) is 2.65. The molecule has 0 radical (unpaired) electrons. The van der Waals surface area contributed by atoms with E-state index in [9.17, 15) is 8.42 Å². The van der Waals surface area contributed by atoms with Gasteiger partial charge in [-0.15, -0.1) is 0 Å². The highest BCUT2D eigenvalue weighted by Crippen LogP contribution is 2.22. The van der Waals surface area contributed by atoms with Crippen LogP contribution in [-0.4, -0.2) is 19.9 Å². The summed E-state index contributed by atoms with van der Waals surface area (Å²) in [7, 11) is -3.64. The molecule has 7 heteroatoms. The molecule has 0 bridgehead atoms. The van der Waals surface area contributed by atoms with E-state index < -0.39 is 10.0 Å². The third-order valence-corrected chi connectivity index (χ3v) is 4.44. The van der Waals surface area contributed by atoms with Crippen molar-refractivity contribution in [3.05, 3.63) is 53.2 Å². The van der Waals surface area contributed by atoms with Gasteiger partial charge in [0.1, 0.15) is 10.7 Å². The molecule has 2 aromatic rings. The summed E-state index contributed by atoms with van der Waals surface area (Å²) in [4.78, 5) is 4.07. The summed E-state index contributed by atoms with van der Waals surface area (Å²) in [6.45, 7) is 2.78. The Morgan fingerprint density at radius 3 is 2.57 bits per heavy atom. The first kappa shape index (κ1) is 15.8. The van der Waals surface area contributed by atoms with Gasteiger partial charge in [-0.2, -0.15) is 0 Å². The van der Waals surface area contributed by atoms with Crippen molar-refractivity contribution in [2.45, 2.75) is 18.4 Å². The molecular formula is C14H16ClN3O2S. The lowest BCUT2D eigenvalue weighted by Crippen LogP contribution is -2.23. The molecule has 21 heavy (non-hydrogen) atoms. The molecule has 0 saturated heterocycles. The van der Waals surface area contributed by atoms with Crippen molar-refractivity contribution >= 4 is 27.4 Å². The van der Waals surface area contributed by atoms with Gasteiger partial charge >= 0.3 is 0 Å². The summed E-state index contributed by atoms with van der Waals surface area (Å²) in [5, 5.41) is 3.23. The van der Waals surface area contributed by atoms with E-state index in [0.29, 0.717) is 12.4 Å². The lowest BCUT2D eigenvalue weighted by atomic mass is 10.2. The van der Waals surface area contributed by atoms with Crippen molar-refractivity contribution in [2.24, 2.45) is 0 Å². The SMILES string of the molecule is CCNc1ncc(S(=O)(=O)NCc2ccccc2)cc1Cl. The van der Waals surface area contributed by atoms with Crippen molar-refractivity contribution in [2.75, 3.05) is 11.9 Å². The molecule has 1 heterocycles. The highest BCUT2D eigenvalue weighted by atomic mass is 35.5. The molecule has 2 rings (SSSR count). The maximum Gasteiger partial charge on any atom is 0.242 e. The first-order valence-corrected chi connectivity index (χ1v) is 8.32. The Hall–Kier alpha value is -1.63. The molecule has 5 nitrogen and oxygen atoms in total. The summed E-state index contributed by atoms with van der Waals surface area (Å²) < 4.78 is 26.9. The lowest BCUT2D eigenvalue weighted by molar-refractivity contribution is 0.581. The third-order valence-electron chi connectivity index (χ3n) is 2.78. The van der Waals surface area contributed by atoms with Gasteiger partial charge in [-0.3, -0.25) is 0 Å². The van der Waals surface area contributed by atoms with Crippen LogP contribution in [-0.2, 0) is 16.6 Å². The highest BCUT2D eigenvalue weighted by molar-refractivity contribution is 7.89. The number of pyridine rings is 1. The molecule has 0 aliphatic heterocycles. The second-order valence-electron chi connectivity index (χ2n) is 4.34. The minimum Gasteiger partial charge on any atom is -0.369 e. The quantitative estimate of drug-likeness (QED) is 0.856. The van der Waals surface area contributed by atoms with Gasteiger partial charge in [0.2, 0.25) is 10.0 Å². The van der Waals surface area contributed by atoms with Crippen molar-refractivity contribution in [1.29, 1.82) is 0 Å². The second kappa shape index (κ2) is 6.89. The summed E-state index contributed by atoms with van der Waals surface area (Å²) in [6.07, 6.45) is 1.29. The minimum atomic E-state index is -3.64. The van der Waals surface area contributed by atoms with E-state index >= 15 is 0 Å². The van der Waals surface area contributed by atoms with Crippen LogP contribution in [0.4, 0.5) is 5.82 Å². The smallest absolute Gasteiger partial charge is 0.242 e. The molecule has 0 saturated carbocycles. The van der Waals surface area contributed by atoms with Gasteiger partial charge in [-0.25, -0.2) is 18.1 Å². The zero-order chi connectivity index (χ0) is 15.3. The number of hydrogen-bond acceptors (Lipinski definition) is 4. The number of nitrogens with zero attached hydrogens (tertiary/aromatic N) is 1. The van der Waals surface area contributed by atoms with Crippen LogP contribution in [0.5, 0.6) is 0 Å². The predicted molar refractivity (Wildman–Crippen MR) is 83.9 cm³/mol. The molecule has 0 aliphatic rings. The van der Waals surface area contributed by atoms with Crippen molar-refractivity contribution in [3.63, 3.8) is 0 Å². The number of anilines is 1. The Kier molecular flexibility index (Phi) is 5.17. The average Bonchev–Trinajstić information content (AvgIpc) is 2.48. The minimum absolute atomic E-state index is 0.0464. The zero-order valence-corrected chi connectivity index (χ0v) is 13.1. The van der Waals surface area contributed by atoms with Gasteiger partial charge in [0.25, 0.3) is 0 Å². The fourth-order valence-electron chi connectivity index (χ4n) is 1.72. The van der Waals surface area contributed by atoms with E-state index in [0.717, 1.165) is 5.56 Å². The number of nitrogens with one attached hydrogen (secondary N) is 2. The summed E-state index contributed by atoms with van der Waals surface area (Å²) in [6, 6.07) is 10.7. The Morgan fingerprint density at radius 1 is 1.24 bits per heavy atom. The van der Waals surface area contributed by atoms with E-state index in [4.69, 9.17) is 11.6 Å². The number of rotatable bonds is 6. The van der Waals surface area contributed by atoms with Crippen LogP contribution in [0.25, 0.3) is 0 Å². The molecule has 2 N–H and O–H groups in total. The van der Waals surface area contributed by atoms with Crippen LogP contribution in [0.1, 0.15) is 12.5 Å². The molecule has 0 aliphatic carbocycles. The van der Waals surface area contributed by atoms with E-state index in [1.807, 2.05) is 37.3 Å². The monoisotopic (exact) mass is 325 g/mol. The topological polar surface area (TPSA) is 71.1 Å². The van der Waals surface area contributed by atoms with Gasteiger partial charge in [0, 0.05) is 19.3 Å². The van der Waals surface area contributed by atoms with Gasteiger partial charge in [0.15, 0.2) is 0 Å². The van der Waals surface area contributed by atoms with Gasteiger partial charge in [-0.05, 0) is 18.6 Å². The highest BCUT2D eigenvalue weighted by Gasteiger charge is 2.16. The molecule has 112 valence electrons. The molecule has 0 spiro atoms. The Balaban J connectivity index is 2.14. The Morgan fingerprint density at radius 2 is 1.95 bits per heavy atom. The number of sulfonamides is 1. The maximum absolute atomic E-state index is 12.2. The van der Waals surface area contributed by atoms with Gasteiger partial charge < -0.3 is 5.32 Å². The summed E-state index contributed by atoms with van der Waals surface area (Å²) in [5.41, 5.74) is 0.879. The average molecular weight is 326 g/mol. The Labute approximate surface area is 129 Å². The molecule has 0 amide bonds. The largest absolute Gasteiger partial charge is 0.369 e. The number of benzene rings is 1. The van der Waals surface area contributed by atoms with Crippen LogP contribution in [0.15, 0.2) is 47.5 Å². The lowest BCUT2D eigenvalue weighted by Gasteiger charge is -2.09. The van der Waals surface area contributed by atoms with Crippen LogP contribution in [0.2, 0.25) is 5.02 Å². The van der Waals surface area contributed by atoms with Gasteiger partial charge in [0.05, 0.1) is 5.02 Å². The Bertz CT molecular complexity index is 705. The normalized spacial score (nSPS) is 11.3. The van der Waals surface area contributed by atoms with E-state index in [-0.39, 0.29) is 16.5 Å². The molecule has 1 aromatic heterocycles. The maximum atomic E-state index is 12.2. The van der Waals surface area contributed by atoms with Crippen LogP contribution in [0.3, 0.4) is 0 Å². The van der Waals surface area contributed by atoms with Crippen molar-refractivity contribution < 1.29 is 8.42 Å². The number of aromatic nitrogens is 1.